The van der Waals surface area contributed by atoms with Gasteiger partial charge in [-0.2, -0.15) is 0 Å². The van der Waals surface area contributed by atoms with Crippen molar-refractivity contribution in [2.24, 2.45) is 5.92 Å². The van der Waals surface area contributed by atoms with E-state index in [1.807, 2.05) is 55.5 Å². The summed E-state index contributed by atoms with van der Waals surface area (Å²) in [6, 6.07) is 20.7. The van der Waals surface area contributed by atoms with Crippen molar-refractivity contribution in [1.29, 1.82) is 0 Å². The van der Waals surface area contributed by atoms with Crippen LogP contribution in [0.2, 0.25) is 5.02 Å². The first-order valence-electron chi connectivity index (χ1n) is 12.1. The van der Waals surface area contributed by atoms with Crippen LogP contribution in [0, 0.1) is 5.92 Å². The molecule has 1 fully saturated rings. The first kappa shape index (κ1) is 25.4. The number of amides is 2. The van der Waals surface area contributed by atoms with Gasteiger partial charge in [-0.1, -0.05) is 42.8 Å². The highest BCUT2D eigenvalue weighted by atomic mass is 35.5. The van der Waals surface area contributed by atoms with E-state index in [1.54, 1.807) is 23.1 Å². The smallest absolute Gasteiger partial charge is 0.243 e. The summed E-state index contributed by atoms with van der Waals surface area (Å²) in [5.74, 6) is 0.416. The van der Waals surface area contributed by atoms with Gasteiger partial charge in [-0.3, -0.25) is 20.4 Å². The van der Waals surface area contributed by atoms with Crippen LogP contribution in [0.4, 0.5) is 11.4 Å². The number of halogens is 1. The Morgan fingerprint density at radius 1 is 0.972 bits per heavy atom. The molecule has 1 atom stereocenters. The first-order chi connectivity index (χ1) is 17.5. The van der Waals surface area contributed by atoms with Gasteiger partial charge in [0.15, 0.2) is 11.5 Å². The van der Waals surface area contributed by atoms with E-state index in [0.717, 1.165) is 17.7 Å². The van der Waals surface area contributed by atoms with Crippen LogP contribution in [-0.4, -0.2) is 25.0 Å². The maximum absolute atomic E-state index is 12.8. The minimum atomic E-state index is -0.441. The molecule has 0 radical (unpaired) electrons. The van der Waals surface area contributed by atoms with Crippen LogP contribution in [0.1, 0.15) is 31.4 Å². The van der Waals surface area contributed by atoms with Gasteiger partial charge in [-0.05, 0) is 60.9 Å². The molecular formula is C28H30ClN3O4. The second-order valence-corrected chi connectivity index (χ2v) is 8.99. The minimum absolute atomic E-state index is 0.0554. The summed E-state index contributed by atoms with van der Waals surface area (Å²) in [7, 11) is 0. The van der Waals surface area contributed by atoms with Gasteiger partial charge in [0, 0.05) is 29.7 Å². The second-order valence-electron chi connectivity index (χ2n) is 8.55. The van der Waals surface area contributed by atoms with Crippen molar-refractivity contribution in [2.75, 3.05) is 23.5 Å². The maximum atomic E-state index is 12.8. The molecule has 7 nitrogen and oxygen atoms in total. The fourth-order valence-electron chi connectivity index (χ4n) is 4.00. The summed E-state index contributed by atoms with van der Waals surface area (Å²) in [5, 5.41) is 0.673. The molecule has 188 valence electrons. The molecule has 1 saturated heterocycles. The van der Waals surface area contributed by atoms with Crippen molar-refractivity contribution in [3.05, 3.63) is 82.9 Å². The van der Waals surface area contributed by atoms with Gasteiger partial charge in [0.05, 0.1) is 18.2 Å². The van der Waals surface area contributed by atoms with Gasteiger partial charge in [0.25, 0.3) is 0 Å². The molecule has 0 aromatic heterocycles. The van der Waals surface area contributed by atoms with E-state index >= 15 is 0 Å². The number of ether oxygens (including phenoxy) is 2. The van der Waals surface area contributed by atoms with Crippen molar-refractivity contribution >= 4 is 34.8 Å². The largest absolute Gasteiger partial charge is 0.490 e. The zero-order valence-corrected chi connectivity index (χ0v) is 21.2. The third kappa shape index (κ3) is 6.29. The van der Waals surface area contributed by atoms with Gasteiger partial charge < -0.3 is 14.4 Å². The van der Waals surface area contributed by atoms with Crippen molar-refractivity contribution in [3.8, 4) is 11.5 Å². The topological polar surface area (TPSA) is 79.9 Å². The number of aryl methyl sites for hydroxylation is 1. The zero-order chi connectivity index (χ0) is 25.5. The summed E-state index contributed by atoms with van der Waals surface area (Å²) < 4.78 is 11.7. The highest BCUT2D eigenvalue weighted by molar-refractivity contribution is 6.30. The summed E-state index contributed by atoms with van der Waals surface area (Å²) in [6.07, 6.45) is 1.11. The predicted molar refractivity (Wildman–Crippen MR) is 141 cm³/mol. The number of nitrogens with zero attached hydrogens (tertiary/aromatic N) is 1. The number of anilines is 2. The van der Waals surface area contributed by atoms with E-state index in [0.29, 0.717) is 42.0 Å². The molecule has 0 spiro atoms. The lowest BCUT2D eigenvalue weighted by molar-refractivity contribution is -0.125. The molecule has 1 aliphatic heterocycles. The van der Waals surface area contributed by atoms with E-state index in [1.165, 1.54) is 5.56 Å². The predicted octanol–water partition coefficient (Wildman–Crippen LogP) is 5.38. The molecule has 36 heavy (non-hydrogen) atoms. The van der Waals surface area contributed by atoms with E-state index in [4.69, 9.17) is 21.1 Å². The Morgan fingerprint density at radius 2 is 1.69 bits per heavy atom. The molecule has 1 aliphatic rings. The average molecular weight is 508 g/mol. The molecule has 3 aromatic rings. The SMILES string of the molecule is CCOc1cc(NNC(=O)[C@@H]2CC(=O)N(c3ccc(CC)cc3)C2)ccc1OCc1ccc(Cl)cc1. The van der Waals surface area contributed by atoms with Crippen LogP contribution in [0.15, 0.2) is 66.7 Å². The van der Waals surface area contributed by atoms with E-state index in [-0.39, 0.29) is 18.2 Å². The highest BCUT2D eigenvalue weighted by Gasteiger charge is 2.35. The van der Waals surface area contributed by atoms with Gasteiger partial charge in [-0.25, -0.2) is 0 Å². The van der Waals surface area contributed by atoms with Gasteiger partial charge >= 0.3 is 0 Å². The number of hydrogen-bond donors (Lipinski definition) is 2. The van der Waals surface area contributed by atoms with Crippen LogP contribution >= 0.6 is 11.6 Å². The van der Waals surface area contributed by atoms with Crippen LogP contribution in [0.25, 0.3) is 0 Å². The molecule has 0 unspecified atom stereocenters. The molecule has 3 aromatic carbocycles. The summed E-state index contributed by atoms with van der Waals surface area (Å²) in [6.45, 7) is 5.16. The number of rotatable bonds is 10. The van der Waals surface area contributed by atoms with E-state index in [9.17, 15) is 9.59 Å². The summed E-state index contributed by atoms with van der Waals surface area (Å²) >= 11 is 5.94. The molecule has 2 amide bonds. The van der Waals surface area contributed by atoms with Gasteiger partial charge in [0.2, 0.25) is 11.8 Å². The molecule has 0 bridgehead atoms. The maximum Gasteiger partial charge on any atom is 0.243 e. The molecule has 0 saturated carbocycles. The van der Waals surface area contributed by atoms with Crippen LogP contribution in [0.5, 0.6) is 11.5 Å². The Bertz CT molecular complexity index is 1200. The second kappa shape index (κ2) is 11.8. The van der Waals surface area contributed by atoms with E-state index < -0.39 is 5.92 Å². The first-order valence-corrected chi connectivity index (χ1v) is 12.4. The minimum Gasteiger partial charge on any atom is -0.490 e. The Balaban J connectivity index is 1.34. The number of hydrazine groups is 1. The highest BCUT2D eigenvalue weighted by Crippen LogP contribution is 2.31. The number of carbonyl (C=O) groups is 2. The number of nitrogens with one attached hydrogen (secondary N) is 2. The molecule has 4 rings (SSSR count). The molecule has 2 N–H and O–H groups in total. The van der Waals surface area contributed by atoms with Crippen LogP contribution < -0.4 is 25.2 Å². The summed E-state index contributed by atoms with van der Waals surface area (Å²) in [4.78, 5) is 27.0. The molecule has 1 heterocycles. The Kier molecular flexibility index (Phi) is 8.33. The zero-order valence-electron chi connectivity index (χ0n) is 20.4. The third-order valence-electron chi connectivity index (χ3n) is 6.03. The summed E-state index contributed by atoms with van der Waals surface area (Å²) in [5.41, 5.74) is 9.31. The molecule has 8 heteroatoms. The quantitative estimate of drug-likeness (QED) is 0.360. The van der Waals surface area contributed by atoms with Crippen LogP contribution in [-0.2, 0) is 22.6 Å². The fourth-order valence-corrected chi connectivity index (χ4v) is 4.12. The molecule has 0 aliphatic carbocycles. The number of benzene rings is 3. The van der Waals surface area contributed by atoms with E-state index in [2.05, 4.69) is 17.8 Å². The molecular weight excluding hydrogens is 478 g/mol. The Hall–Kier alpha value is -3.71. The number of carbonyl (C=O) groups excluding carboxylic acids is 2. The normalized spacial score (nSPS) is 15.0. The van der Waals surface area contributed by atoms with Crippen molar-refractivity contribution in [1.82, 2.24) is 5.43 Å². The third-order valence-corrected chi connectivity index (χ3v) is 6.29. The van der Waals surface area contributed by atoms with Gasteiger partial charge in [-0.15, -0.1) is 0 Å². The van der Waals surface area contributed by atoms with Crippen LogP contribution in [0.3, 0.4) is 0 Å². The number of hydrogen-bond acceptors (Lipinski definition) is 5. The monoisotopic (exact) mass is 507 g/mol. The van der Waals surface area contributed by atoms with Crippen molar-refractivity contribution in [3.63, 3.8) is 0 Å². The lowest BCUT2D eigenvalue weighted by Gasteiger charge is -2.18. The fraction of sp³-hybridized carbons (Fsp3) is 0.286. The standard InChI is InChI=1S/C28H30ClN3O4/c1-3-19-7-12-24(13-8-19)32-17-21(15-27(32)33)28(34)31-30-23-11-14-25(26(16-23)35-4-2)36-18-20-5-9-22(29)10-6-20/h5-14,16,21,30H,3-4,15,17-18H2,1-2H3,(H,31,34)/t21-/m1/s1. The lowest BCUT2D eigenvalue weighted by atomic mass is 10.1. The average Bonchev–Trinajstić information content (AvgIpc) is 3.29. The lowest BCUT2D eigenvalue weighted by Crippen LogP contribution is -2.36. The van der Waals surface area contributed by atoms with Gasteiger partial charge in [0.1, 0.15) is 6.61 Å². The Labute approximate surface area is 216 Å². The Morgan fingerprint density at radius 3 is 2.39 bits per heavy atom. The van der Waals surface area contributed by atoms with Crippen molar-refractivity contribution < 1.29 is 19.1 Å². The van der Waals surface area contributed by atoms with Crippen molar-refractivity contribution in [2.45, 2.75) is 33.3 Å².